The van der Waals surface area contributed by atoms with Crippen LogP contribution in [0.3, 0.4) is 0 Å². The molecule has 0 saturated carbocycles. The van der Waals surface area contributed by atoms with Crippen LogP contribution in [-0.2, 0) is 25.7 Å². The van der Waals surface area contributed by atoms with E-state index in [2.05, 4.69) is 51.7 Å². The van der Waals surface area contributed by atoms with Gasteiger partial charge < -0.3 is 39.3 Å². The first-order chi connectivity index (χ1) is 27.1. The summed E-state index contributed by atoms with van der Waals surface area (Å²) in [5.41, 5.74) is 6.83. The molecule has 5 heterocycles. The van der Waals surface area contributed by atoms with E-state index >= 15 is 0 Å². The monoisotopic (exact) mass is 761 g/mol. The normalized spacial score (nSPS) is 21.0. The number of nitrogens with zero attached hydrogens (tertiary/aromatic N) is 4. The highest BCUT2D eigenvalue weighted by Crippen LogP contribution is 2.44. The zero-order valence-electron chi connectivity index (χ0n) is 33.0. The van der Waals surface area contributed by atoms with Gasteiger partial charge in [-0.05, 0) is 84.9 Å². The van der Waals surface area contributed by atoms with E-state index < -0.39 is 12.1 Å². The number of imidazole rings is 2. The summed E-state index contributed by atoms with van der Waals surface area (Å²) in [6.07, 6.45) is 4.98. The Morgan fingerprint density at radius 2 is 1.86 bits per heavy atom. The van der Waals surface area contributed by atoms with Crippen molar-refractivity contribution in [3.05, 3.63) is 65.9 Å². The third kappa shape index (κ3) is 6.75. The van der Waals surface area contributed by atoms with Crippen LogP contribution >= 0.6 is 0 Å². The summed E-state index contributed by atoms with van der Waals surface area (Å²) < 4.78 is 16.7. The van der Waals surface area contributed by atoms with Crippen LogP contribution in [-0.4, -0.2) is 87.1 Å². The summed E-state index contributed by atoms with van der Waals surface area (Å²) in [6, 6.07) is 13.7. The van der Waals surface area contributed by atoms with E-state index in [1.54, 1.807) is 7.11 Å². The lowest BCUT2D eigenvalue weighted by Gasteiger charge is -2.32. The first-order valence-electron chi connectivity index (χ1n) is 19.8. The minimum atomic E-state index is -0.713. The fourth-order valence-corrected chi connectivity index (χ4v) is 8.94. The van der Waals surface area contributed by atoms with Crippen molar-refractivity contribution in [2.45, 2.75) is 90.6 Å². The third-order valence-electron chi connectivity index (χ3n) is 11.8. The molecule has 13 heteroatoms. The molecule has 5 atom stereocenters. The van der Waals surface area contributed by atoms with Gasteiger partial charge in [0.2, 0.25) is 11.8 Å². The van der Waals surface area contributed by atoms with Crippen molar-refractivity contribution >= 4 is 39.7 Å². The number of likely N-dealkylation sites (tertiary alicyclic amines) is 2. The van der Waals surface area contributed by atoms with E-state index in [9.17, 15) is 14.4 Å². The minimum absolute atomic E-state index is 0.0118. The maximum atomic E-state index is 13.9. The average Bonchev–Trinajstić information content (AvgIpc) is 4.01. The Bertz CT molecular complexity index is 2300. The van der Waals surface area contributed by atoms with Crippen LogP contribution < -0.4 is 10.1 Å². The molecule has 0 radical (unpaired) electrons. The van der Waals surface area contributed by atoms with E-state index in [1.807, 2.05) is 49.8 Å². The molecule has 3 aliphatic heterocycles. The molecule has 3 amide bonds. The van der Waals surface area contributed by atoms with Crippen LogP contribution in [0.5, 0.6) is 5.75 Å². The molecule has 0 bridgehead atoms. The van der Waals surface area contributed by atoms with Gasteiger partial charge in [-0.3, -0.25) is 9.59 Å². The summed E-state index contributed by atoms with van der Waals surface area (Å²) in [4.78, 5) is 59.9. The van der Waals surface area contributed by atoms with Crippen molar-refractivity contribution in [3.8, 4) is 28.1 Å². The van der Waals surface area contributed by atoms with Gasteiger partial charge in [-0.15, -0.1) is 0 Å². The summed E-state index contributed by atoms with van der Waals surface area (Å²) >= 11 is 0. The van der Waals surface area contributed by atoms with Gasteiger partial charge in [0.15, 0.2) is 0 Å². The number of methoxy groups -OCH3 is 2. The number of amides is 3. The fourth-order valence-electron chi connectivity index (χ4n) is 8.94. The molecule has 3 aromatic carbocycles. The van der Waals surface area contributed by atoms with Crippen molar-refractivity contribution in [2.24, 2.45) is 11.8 Å². The van der Waals surface area contributed by atoms with E-state index in [4.69, 9.17) is 24.2 Å². The highest BCUT2D eigenvalue weighted by molar-refractivity contribution is 6.07. The number of benzene rings is 3. The molecule has 0 spiro atoms. The van der Waals surface area contributed by atoms with Crippen LogP contribution in [0.1, 0.15) is 89.1 Å². The largest absolute Gasteiger partial charge is 0.488 e. The van der Waals surface area contributed by atoms with E-state index in [-0.39, 0.29) is 41.8 Å². The summed E-state index contributed by atoms with van der Waals surface area (Å²) in [5.74, 6) is 2.50. The van der Waals surface area contributed by atoms with Gasteiger partial charge in [0.25, 0.3) is 0 Å². The lowest BCUT2D eigenvalue weighted by molar-refractivity contribution is -0.137. The highest BCUT2D eigenvalue weighted by Gasteiger charge is 2.41. The number of nitrogens with one attached hydrogen (secondary N) is 3. The van der Waals surface area contributed by atoms with Crippen LogP contribution in [0, 0.1) is 11.8 Å². The number of H-pyrrole nitrogens is 2. The minimum Gasteiger partial charge on any atom is -0.488 e. The standard InChI is InChI=1S/C43H51N7O6/c1-7-8-37(51)49-20-25(21-54-5)15-35(49)40-44-19-33(46-40)27-10-12-29-28(16-27)22-56-36-18-30-26(17-31(29)36)11-13-32-39(30)47-41(45-32)34-14-9-24(4)50(34)42(52)38(23(2)3)48-43(53)55-6/h10-13,16-19,23-25,34-35,38H,7-9,14-15,20-22H2,1-6H3,(H,44,46)(H,45,47)(H,48,53)/t24-,25?,34-,35?,38-/m0/s1. The lowest BCUT2D eigenvalue weighted by atomic mass is 9.92. The number of carbonyl (C=O) groups is 3. The highest BCUT2D eigenvalue weighted by atomic mass is 16.5. The van der Waals surface area contributed by atoms with Gasteiger partial charge in [0.05, 0.1) is 48.7 Å². The average molecular weight is 762 g/mol. The number of ether oxygens (including phenoxy) is 3. The predicted octanol–water partition coefficient (Wildman–Crippen LogP) is 7.43. The van der Waals surface area contributed by atoms with Gasteiger partial charge in [0, 0.05) is 43.0 Å². The number of carbonyl (C=O) groups excluding carboxylic acids is 3. The van der Waals surface area contributed by atoms with Crippen molar-refractivity contribution in [1.29, 1.82) is 0 Å². The fraction of sp³-hybridized carbons (Fsp3) is 0.465. The molecule has 2 saturated heterocycles. The summed E-state index contributed by atoms with van der Waals surface area (Å²) in [7, 11) is 3.01. The Morgan fingerprint density at radius 1 is 1.02 bits per heavy atom. The molecule has 2 unspecified atom stereocenters. The maximum Gasteiger partial charge on any atom is 0.407 e. The first-order valence-corrected chi connectivity index (χ1v) is 19.8. The summed E-state index contributed by atoms with van der Waals surface area (Å²) in [6.45, 7) is 9.62. The van der Waals surface area contributed by atoms with Gasteiger partial charge in [0.1, 0.15) is 30.0 Å². The molecule has 0 aliphatic carbocycles. The Balaban J connectivity index is 1.06. The van der Waals surface area contributed by atoms with E-state index in [0.29, 0.717) is 26.2 Å². The smallest absolute Gasteiger partial charge is 0.407 e. The maximum absolute atomic E-state index is 13.9. The number of aromatic nitrogens is 4. The van der Waals surface area contributed by atoms with Crippen LogP contribution in [0.4, 0.5) is 4.79 Å². The van der Waals surface area contributed by atoms with Gasteiger partial charge in [-0.25, -0.2) is 14.8 Å². The molecular formula is C43H51N7O6. The molecule has 13 nitrogen and oxygen atoms in total. The SMILES string of the molecule is CCCC(=O)N1CC(COC)CC1c1ncc(-c2ccc3c(c2)COc2cc4c(ccc5[nH]c([C@@H]6CC[C@H](C)N6C(=O)[C@@H](NC(=O)OC)C(C)C)nc54)cc2-3)[nH]1. The number of fused-ring (bicyclic) bond motifs is 6. The summed E-state index contributed by atoms with van der Waals surface area (Å²) in [5, 5.41) is 4.75. The zero-order chi connectivity index (χ0) is 39.2. The van der Waals surface area contributed by atoms with Gasteiger partial charge in [-0.1, -0.05) is 39.0 Å². The molecule has 2 fully saturated rings. The van der Waals surface area contributed by atoms with E-state index in [1.165, 1.54) is 7.11 Å². The Hall–Kier alpha value is -5.43. The van der Waals surface area contributed by atoms with Crippen LogP contribution in [0.15, 0.2) is 48.7 Å². The Labute approximate surface area is 326 Å². The molecule has 2 aromatic heterocycles. The number of hydrogen-bond acceptors (Lipinski definition) is 8. The molecule has 3 aliphatic rings. The van der Waals surface area contributed by atoms with Crippen molar-refractivity contribution in [1.82, 2.24) is 35.1 Å². The second-order valence-electron chi connectivity index (χ2n) is 15.9. The zero-order valence-corrected chi connectivity index (χ0v) is 33.0. The quantitative estimate of drug-likeness (QED) is 0.133. The number of rotatable bonds is 10. The van der Waals surface area contributed by atoms with Crippen molar-refractivity contribution in [2.75, 3.05) is 27.4 Å². The molecule has 3 N–H and O–H groups in total. The van der Waals surface area contributed by atoms with Crippen molar-refractivity contribution < 1.29 is 28.6 Å². The Kier molecular flexibility index (Phi) is 10.2. The molecule has 294 valence electrons. The molecular weight excluding hydrogens is 711 g/mol. The molecule has 8 rings (SSSR count). The van der Waals surface area contributed by atoms with E-state index in [0.717, 1.165) is 92.8 Å². The number of alkyl carbamates (subject to hydrolysis) is 1. The third-order valence-corrected chi connectivity index (χ3v) is 11.8. The van der Waals surface area contributed by atoms with Crippen LogP contribution in [0.25, 0.3) is 44.2 Å². The number of hydrogen-bond donors (Lipinski definition) is 3. The van der Waals surface area contributed by atoms with Crippen molar-refractivity contribution in [3.63, 3.8) is 0 Å². The van der Waals surface area contributed by atoms with Gasteiger partial charge in [-0.2, -0.15) is 0 Å². The Morgan fingerprint density at radius 3 is 2.62 bits per heavy atom. The first kappa shape index (κ1) is 37.5. The predicted molar refractivity (Wildman–Crippen MR) is 213 cm³/mol. The lowest BCUT2D eigenvalue weighted by Crippen LogP contribution is -2.52. The second-order valence-corrected chi connectivity index (χ2v) is 15.9. The molecule has 56 heavy (non-hydrogen) atoms. The molecule has 5 aromatic rings. The topological polar surface area (TPSA) is 155 Å². The number of aromatic amines is 2. The van der Waals surface area contributed by atoms with Crippen LogP contribution in [0.2, 0.25) is 0 Å². The second kappa shape index (κ2) is 15.2. The van der Waals surface area contributed by atoms with Gasteiger partial charge >= 0.3 is 6.09 Å².